The van der Waals surface area contributed by atoms with E-state index in [1.54, 1.807) is 7.11 Å². The van der Waals surface area contributed by atoms with Crippen LogP contribution in [0.3, 0.4) is 0 Å². The van der Waals surface area contributed by atoms with Gasteiger partial charge in [0.05, 0.1) is 11.6 Å². The summed E-state index contributed by atoms with van der Waals surface area (Å²) >= 11 is 3.47. The molecule has 5 heteroatoms. The van der Waals surface area contributed by atoms with E-state index in [-0.39, 0.29) is 0 Å². The van der Waals surface area contributed by atoms with Crippen molar-refractivity contribution < 1.29 is 4.74 Å². The third kappa shape index (κ3) is 3.36. The molecule has 1 heterocycles. The highest BCUT2D eigenvalue weighted by Crippen LogP contribution is 2.25. The molecule has 0 aliphatic carbocycles. The van der Waals surface area contributed by atoms with Crippen molar-refractivity contribution in [1.82, 2.24) is 10.6 Å². The summed E-state index contributed by atoms with van der Waals surface area (Å²) in [6.45, 7) is 2.66. The molecule has 0 bridgehead atoms. The number of ether oxygens (including phenoxy) is 1. The summed E-state index contributed by atoms with van der Waals surface area (Å²) in [7, 11) is 1.67. The highest BCUT2D eigenvalue weighted by molar-refractivity contribution is 9.10. The second kappa shape index (κ2) is 5.91. The van der Waals surface area contributed by atoms with E-state index in [0.29, 0.717) is 0 Å². The maximum absolute atomic E-state index is 5.19. The lowest BCUT2D eigenvalue weighted by Crippen LogP contribution is -2.40. The number of nitrogens with one attached hydrogen (secondary N) is 2. The van der Waals surface area contributed by atoms with E-state index >= 15 is 0 Å². The van der Waals surface area contributed by atoms with Crippen molar-refractivity contribution in [2.45, 2.75) is 13.0 Å². The first-order chi connectivity index (χ1) is 8.29. The topological polar surface area (TPSA) is 45.6 Å². The number of halogens is 1. The molecule has 0 unspecified atom stereocenters. The quantitative estimate of drug-likeness (QED) is 0.896. The minimum Gasteiger partial charge on any atom is -0.496 e. The molecule has 0 radical (unpaired) electrons. The van der Waals surface area contributed by atoms with Gasteiger partial charge in [-0.3, -0.25) is 4.99 Å². The first-order valence-corrected chi connectivity index (χ1v) is 6.43. The summed E-state index contributed by atoms with van der Waals surface area (Å²) in [5.74, 6) is 1.74. The lowest BCUT2D eigenvalue weighted by molar-refractivity contribution is 0.412. The van der Waals surface area contributed by atoms with Crippen molar-refractivity contribution in [3.05, 3.63) is 28.2 Å². The van der Waals surface area contributed by atoms with Crippen LogP contribution in [0.15, 0.2) is 27.7 Å². The summed E-state index contributed by atoms with van der Waals surface area (Å²) in [6, 6.07) is 6.05. The van der Waals surface area contributed by atoms with E-state index in [1.807, 2.05) is 12.1 Å². The number of hydrogen-bond donors (Lipinski definition) is 2. The van der Waals surface area contributed by atoms with Gasteiger partial charge in [-0.25, -0.2) is 0 Å². The largest absolute Gasteiger partial charge is 0.496 e. The lowest BCUT2D eigenvalue weighted by atomic mass is 10.2. The molecule has 4 nitrogen and oxygen atoms in total. The number of nitrogens with zero attached hydrogens (tertiary/aromatic N) is 1. The maximum atomic E-state index is 5.19. The molecule has 0 atom stereocenters. The van der Waals surface area contributed by atoms with Crippen LogP contribution in [-0.2, 0) is 6.54 Å². The van der Waals surface area contributed by atoms with Gasteiger partial charge in [-0.2, -0.15) is 0 Å². The Morgan fingerprint density at radius 3 is 3.06 bits per heavy atom. The van der Waals surface area contributed by atoms with Crippen molar-refractivity contribution in [3.8, 4) is 5.75 Å². The first-order valence-electron chi connectivity index (χ1n) is 5.64. The van der Waals surface area contributed by atoms with Gasteiger partial charge in [0.25, 0.3) is 0 Å². The van der Waals surface area contributed by atoms with Crippen molar-refractivity contribution >= 4 is 21.9 Å². The van der Waals surface area contributed by atoms with Gasteiger partial charge in [-0.05, 0) is 40.0 Å². The molecule has 0 fully saturated rings. The van der Waals surface area contributed by atoms with E-state index in [2.05, 4.69) is 37.6 Å². The Hall–Kier alpha value is -1.23. The van der Waals surface area contributed by atoms with Crippen LogP contribution in [0.5, 0.6) is 5.75 Å². The van der Waals surface area contributed by atoms with Gasteiger partial charge in [-0.15, -0.1) is 0 Å². The molecule has 17 heavy (non-hydrogen) atoms. The van der Waals surface area contributed by atoms with Crippen LogP contribution in [0, 0.1) is 0 Å². The van der Waals surface area contributed by atoms with Crippen LogP contribution >= 0.6 is 15.9 Å². The fourth-order valence-corrected chi connectivity index (χ4v) is 2.24. The molecule has 92 valence electrons. The second-order valence-corrected chi connectivity index (χ2v) is 4.69. The molecule has 1 aliphatic rings. The number of benzene rings is 1. The summed E-state index contributed by atoms with van der Waals surface area (Å²) in [5.41, 5.74) is 1.19. The van der Waals surface area contributed by atoms with Gasteiger partial charge in [-0.1, -0.05) is 6.07 Å². The summed E-state index contributed by atoms with van der Waals surface area (Å²) in [6.07, 6.45) is 1.11. The number of rotatable bonds is 3. The molecule has 0 saturated carbocycles. The van der Waals surface area contributed by atoms with Crippen LogP contribution in [0.2, 0.25) is 0 Å². The molecule has 2 N–H and O–H groups in total. The molecule has 1 aromatic rings. The van der Waals surface area contributed by atoms with E-state index in [0.717, 1.165) is 42.2 Å². The fraction of sp³-hybridized carbons (Fsp3) is 0.417. The Morgan fingerprint density at radius 1 is 1.53 bits per heavy atom. The maximum Gasteiger partial charge on any atom is 0.191 e. The van der Waals surface area contributed by atoms with Crippen LogP contribution in [0.1, 0.15) is 12.0 Å². The van der Waals surface area contributed by atoms with Gasteiger partial charge in [0.2, 0.25) is 0 Å². The van der Waals surface area contributed by atoms with Crippen LogP contribution in [0.25, 0.3) is 0 Å². The summed E-state index contributed by atoms with van der Waals surface area (Å²) < 4.78 is 6.16. The minimum atomic E-state index is 0.758. The Kier molecular flexibility index (Phi) is 4.25. The van der Waals surface area contributed by atoms with Crippen molar-refractivity contribution in [1.29, 1.82) is 0 Å². The normalized spacial score (nSPS) is 14.8. The van der Waals surface area contributed by atoms with Gasteiger partial charge in [0.1, 0.15) is 5.75 Å². The highest BCUT2D eigenvalue weighted by atomic mass is 79.9. The second-order valence-electron chi connectivity index (χ2n) is 3.83. The zero-order valence-electron chi connectivity index (χ0n) is 9.79. The average Bonchev–Trinajstić information content (AvgIpc) is 2.38. The number of methoxy groups -OCH3 is 1. The lowest BCUT2D eigenvalue weighted by Gasteiger charge is -2.16. The van der Waals surface area contributed by atoms with Crippen molar-refractivity contribution in [3.63, 3.8) is 0 Å². The predicted molar refractivity (Wildman–Crippen MR) is 72.5 cm³/mol. The zero-order chi connectivity index (χ0) is 12.1. The van der Waals surface area contributed by atoms with Crippen LogP contribution in [0.4, 0.5) is 0 Å². The molecule has 2 rings (SSSR count). The molecular formula is C12H16BrN3O. The zero-order valence-corrected chi connectivity index (χ0v) is 11.4. The molecule has 0 amide bonds. The molecule has 1 aliphatic heterocycles. The number of guanidine groups is 1. The van der Waals surface area contributed by atoms with Gasteiger partial charge in [0.15, 0.2) is 5.96 Å². The summed E-state index contributed by atoms with van der Waals surface area (Å²) in [5, 5.41) is 6.51. The van der Waals surface area contributed by atoms with Crippen molar-refractivity contribution in [2.24, 2.45) is 4.99 Å². The average molecular weight is 298 g/mol. The molecule has 0 saturated heterocycles. The smallest absolute Gasteiger partial charge is 0.191 e. The summed E-state index contributed by atoms with van der Waals surface area (Å²) in [4.78, 5) is 4.36. The fourth-order valence-electron chi connectivity index (χ4n) is 1.66. The van der Waals surface area contributed by atoms with Gasteiger partial charge >= 0.3 is 0 Å². The van der Waals surface area contributed by atoms with Gasteiger partial charge < -0.3 is 15.4 Å². The number of aliphatic imine (C=N–C) groups is 1. The van der Waals surface area contributed by atoms with E-state index < -0.39 is 0 Å². The molecule has 0 aromatic heterocycles. The molecule has 0 spiro atoms. The Bertz CT molecular complexity index is 420. The monoisotopic (exact) mass is 297 g/mol. The molecule has 1 aromatic carbocycles. The standard InChI is InChI=1S/C12H16BrN3O/c1-17-11-4-3-9(7-10(11)13)8-16-12-14-5-2-6-15-12/h3-4,7H,2,5-6,8H2,1H3,(H2,14,15,16). The third-order valence-electron chi connectivity index (χ3n) is 2.57. The van der Waals surface area contributed by atoms with Gasteiger partial charge in [0, 0.05) is 19.6 Å². The Balaban J connectivity index is 1.94. The Labute approximate surface area is 110 Å². The third-order valence-corrected chi connectivity index (χ3v) is 3.19. The van der Waals surface area contributed by atoms with E-state index in [4.69, 9.17) is 4.74 Å². The van der Waals surface area contributed by atoms with E-state index in [9.17, 15) is 0 Å². The van der Waals surface area contributed by atoms with Crippen molar-refractivity contribution in [2.75, 3.05) is 20.2 Å². The Morgan fingerprint density at radius 2 is 2.41 bits per heavy atom. The SMILES string of the molecule is COc1ccc(CNC2=NCCCN2)cc1Br. The highest BCUT2D eigenvalue weighted by Gasteiger charge is 2.04. The van der Waals surface area contributed by atoms with Crippen LogP contribution in [-0.4, -0.2) is 26.2 Å². The van der Waals surface area contributed by atoms with E-state index in [1.165, 1.54) is 5.56 Å². The minimum absolute atomic E-state index is 0.758. The van der Waals surface area contributed by atoms with Crippen LogP contribution < -0.4 is 15.4 Å². The first kappa shape index (κ1) is 12.2. The predicted octanol–water partition coefficient (Wildman–Crippen LogP) is 1.90. The molecular weight excluding hydrogens is 282 g/mol. The number of hydrogen-bond acceptors (Lipinski definition) is 4.